The molecular formula is C70H133NO5. The van der Waals surface area contributed by atoms with Crippen molar-refractivity contribution in [3.8, 4) is 0 Å². The van der Waals surface area contributed by atoms with E-state index in [1.54, 1.807) is 6.08 Å². The molecule has 3 N–H and O–H groups in total. The van der Waals surface area contributed by atoms with Crippen molar-refractivity contribution in [2.45, 2.75) is 386 Å². The molecule has 0 heterocycles. The van der Waals surface area contributed by atoms with Crippen molar-refractivity contribution < 1.29 is 24.5 Å². The molecule has 0 bridgehead atoms. The van der Waals surface area contributed by atoms with Crippen LogP contribution < -0.4 is 5.32 Å². The van der Waals surface area contributed by atoms with E-state index in [1.165, 1.54) is 302 Å². The summed E-state index contributed by atoms with van der Waals surface area (Å²) in [6.45, 7) is 4.92. The van der Waals surface area contributed by atoms with Crippen LogP contribution >= 0.6 is 0 Å². The lowest BCUT2D eigenvalue weighted by molar-refractivity contribution is -0.143. The molecule has 0 aromatic carbocycles. The Morgan fingerprint density at radius 1 is 0.355 bits per heavy atom. The summed E-state index contributed by atoms with van der Waals surface area (Å²) >= 11 is 0. The quantitative estimate of drug-likeness (QED) is 0.0320. The molecule has 0 aliphatic rings. The molecule has 0 saturated heterocycles. The molecule has 0 rings (SSSR count). The average molecular weight is 1070 g/mol. The van der Waals surface area contributed by atoms with Crippen molar-refractivity contribution in [3.63, 3.8) is 0 Å². The first-order valence-electron chi connectivity index (χ1n) is 34.3. The van der Waals surface area contributed by atoms with E-state index in [4.69, 9.17) is 4.74 Å². The van der Waals surface area contributed by atoms with Crippen molar-refractivity contribution in [2.24, 2.45) is 0 Å². The summed E-state index contributed by atoms with van der Waals surface area (Å²) in [5.74, 6) is -0.0597. The Balaban J connectivity index is 3.41. The number of aliphatic hydroxyl groups excluding tert-OH is 2. The molecule has 6 nitrogen and oxygen atoms in total. The molecule has 0 spiro atoms. The number of rotatable bonds is 64. The number of ether oxygens (including phenoxy) is 1. The summed E-state index contributed by atoms with van der Waals surface area (Å²) in [7, 11) is 0. The van der Waals surface area contributed by atoms with Crippen LogP contribution in [0.3, 0.4) is 0 Å². The van der Waals surface area contributed by atoms with Crippen molar-refractivity contribution in [2.75, 3.05) is 13.2 Å². The third-order valence-electron chi connectivity index (χ3n) is 15.9. The van der Waals surface area contributed by atoms with Gasteiger partial charge in [-0.25, -0.2) is 0 Å². The van der Waals surface area contributed by atoms with Crippen LogP contribution in [0.25, 0.3) is 0 Å². The molecule has 6 heteroatoms. The SMILES string of the molecule is CCCCCCC/C=C\CCCCCCCC(=O)OCCCCCCCCCCCCCC/C=C\CCCCCCCCCCCCCC(=O)NC(CO)C(O)/C=C/CCCCCCCCCCCCCCCCCC. The Morgan fingerprint density at radius 2 is 0.618 bits per heavy atom. The van der Waals surface area contributed by atoms with Crippen molar-refractivity contribution in [1.29, 1.82) is 0 Å². The van der Waals surface area contributed by atoms with E-state index in [0.29, 0.717) is 19.4 Å². The van der Waals surface area contributed by atoms with Crippen LogP contribution in [0.4, 0.5) is 0 Å². The van der Waals surface area contributed by atoms with Gasteiger partial charge in [0.2, 0.25) is 5.91 Å². The number of aliphatic hydroxyl groups is 2. The maximum absolute atomic E-state index is 12.5. The summed E-state index contributed by atoms with van der Waals surface area (Å²) in [6, 6.07) is -0.629. The average Bonchev–Trinajstić information content (AvgIpc) is 3.42. The van der Waals surface area contributed by atoms with Gasteiger partial charge in [-0.15, -0.1) is 0 Å². The second-order valence-electron chi connectivity index (χ2n) is 23.5. The minimum atomic E-state index is -0.846. The number of carbonyl (C=O) groups is 2. The zero-order chi connectivity index (χ0) is 55.0. The van der Waals surface area contributed by atoms with Gasteiger partial charge in [0.25, 0.3) is 0 Å². The van der Waals surface area contributed by atoms with Gasteiger partial charge in [-0.1, -0.05) is 314 Å². The van der Waals surface area contributed by atoms with E-state index in [2.05, 4.69) is 43.5 Å². The van der Waals surface area contributed by atoms with E-state index in [9.17, 15) is 19.8 Å². The normalized spacial score (nSPS) is 12.7. The van der Waals surface area contributed by atoms with Crippen LogP contribution in [0, 0.1) is 0 Å². The smallest absolute Gasteiger partial charge is 0.305 e. The Morgan fingerprint density at radius 3 is 0.934 bits per heavy atom. The highest BCUT2D eigenvalue weighted by atomic mass is 16.5. The van der Waals surface area contributed by atoms with Gasteiger partial charge in [0, 0.05) is 12.8 Å². The second-order valence-corrected chi connectivity index (χ2v) is 23.5. The van der Waals surface area contributed by atoms with Crippen LogP contribution in [-0.4, -0.2) is 47.4 Å². The van der Waals surface area contributed by atoms with E-state index in [0.717, 1.165) is 44.9 Å². The lowest BCUT2D eigenvalue weighted by Gasteiger charge is -2.20. The fraction of sp³-hybridized carbons (Fsp3) is 0.886. The first-order chi connectivity index (χ1) is 37.5. The van der Waals surface area contributed by atoms with Crippen LogP contribution in [-0.2, 0) is 14.3 Å². The maximum Gasteiger partial charge on any atom is 0.305 e. The van der Waals surface area contributed by atoms with Crippen LogP contribution in [0.15, 0.2) is 36.5 Å². The largest absolute Gasteiger partial charge is 0.466 e. The molecule has 0 saturated carbocycles. The fourth-order valence-electron chi connectivity index (χ4n) is 10.6. The van der Waals surface area contributed by atoms with Crippen molar-refractivity contribution in [1.82, 2.24) is 5.32 Å². The zero-order valence-electron chi connectivity index (χ0n) is 51.3. The highest BCUT2D eigenvalue weighted by Crippen LogP contribution is 2.18. The van der Waals surface area contributed by atoms with Crippen LogP contribution in [0.5, 0.6) is 0 Å². The molecule has 0 fully saturated rings. The maximum atomic E-state index is 12.5. The molecule has 448 valence electrons. The van der Waals surface area contributed by atoms with E-state index >= 15 is 0 Å². The number of carbonyl (C=O) groups excluding carboxylic acids is 2. The molecule has 0 radical (unpaired) electrons. The minimum absolute atomic E-state index is 0.00645. The lowest BCUT2D eigenvalue weighted by atomic mass is 10.0. The molecule has 0 aliphatic carbocycles. The van der Waals surface area contributed by atoms with Gasteiger partial charge in [0.05, 0.1) is 25.4 Å². The number of hydrogen-bond donors (Lipinski definition) is 3. The van der Waals surface area contributed by atoms with E-state index < -0.39 is 12.1 Å². The molecular weight excluding hydrogens is 935 g/mol. The lowest BCUT2D eigenvalue weighted by Crippen LogP contribution is -2.45. The molecule has 2 unspecified atom stereocenters. The summed E-state index contributed by atoms with van der Waals surface area (Å²) in [5.41, 5.74) is 0. The van der Waals surface area contributed by atoms with Gasteiger partial charge in [-0.3, -0.25) is 9.59 Å². The first kappa shape index (κ1) is 74.1. The number of amides is 1. The predicted octanol–water partition coefficient (Wildman–Crippen LogP) is 21.9. The topological polar surface area (TPSA) is 95.9 Å². The van der Waals surface area contributed by atoms with Crippen molar-refractivity contribution >= 4 is 11.9 Å². The number of hydrogen-bond acceptors (Lipinski definition) is 5. The minimum Gasteiger partial charge on any atom is -0.466 e. The van der Waals surface area contributed by atoms with Gasteiger partial charge in [-0.05, 0) is 83.5 Å². The summed E-state index contributed by atoms with van der Waals surface area (Å²) < 4.78 is 5.48. The van der Waals surface area contributed by atoms with Gasteiger partial charge in [0.15, 0.2) is 0 Å². The summed E-state index contributed by atoms with van der Waals surface area (Å²) in [5, 5.41) is 23.2. The summed E-state index contributed by atoms with van der Waals surface area (Å²) in [4.78, 5) is 24.6. The molecule has 1 amide bonds. The van der Waals surface area contributed by atoms with E-state index in [-0.39, 0.29) is 18.5 Å². The molecule has 0 aliphatic heterocycles. The highest BCUT2D eigenvalue weighted by Gasteiger charge is 2.18. The van der Waals surface area contributed by atoms with E-state index in [1.807, 2.05) is 6.08 Å². The van der Waals surface area contributed by atoms with Crippen LogP contribution in [0.1, 0.15) is 373 Å². The van der Waals surface area contributed by atoms with Gasteiger partial charge >= 0.3 is 5.97 Å². The predicted molar refractivity (Wildman–Crippen MR) is 333 cm³/mol. The number of unbranched alkanes of at least 4 members (excludes halogenated alkanes) is 49. The zero-order valence-corrected chi connectivity index (χ0v) is 51.3. The van der Waals surface area contributed by atoms with Gasteiger partial charge < -0.3 is 20.3 Å². The number of nitrogens with one attached hydrogen (secondary N) is 1. The molecule has 76 heavy (non-hydrogen) atoms. The Kier molecular flexibility index (Phi) is 63.9. The second kappa shape index (κ2) is 65.6. The number of esters is 1. The third kappa shape index (κ3) is 61.3. The standard InChI is InChI=1S/C70H133NO5/c1-3-5-7-9-11-13-15-17-19-20-32-35-38-42-46-50-54-58-62-68(73)67(66-72)71-69(74)63-59-55-51-47-43-39-36-33-30-28-26-24-22-21-23-25-27-29-31-34-37-41-45-49-53-57-61-65-76-70(75)64-60-56-52-48-44-40-18-16-14-12-10-8-6-4-2/h16,18,21-22,58,62,67-68,72-73H,3-15,17,19-20,23-57,59-61,63-66H2,1-2H3,(H,71,74)/b18-16-,22-21-,62-58+. The van der Waals surface area contributed by atoms with Crippen molar-refractivity contribution in [3.05, 3.63) is 36.5 Å². The summed E-state index contributed by atoms with van der Waals surface area (Å²) in [6.07, 6.45) is 83.5. The Hall–Kier alpha value is -1.92. The van der Waals surface area contributed by atoms with Crippen LogP contribution in [0.2, 0.25) is 0 Å². The molecule has 0 aromatic heterocycles. The number of allylic oxidation sites excluding steroid dienone is 5. The van der Waals surface area contributed by atoms with Gasteiger partial charge in [-0.2, -0.15) is 0 Å². The molecule has 2 atom stereocenters. The fourth-order valence-corrected chi connectivity index (χ4v) is 10.6. The highest BCUT2D eigenvalue weighted by molar-refractivity contribution is 5.76. The monoisotopic (exact) mass is 1070 g/mol. The van der Waals surface area contributed by atoms with Gasteiger partial charge in [0.1, 0.15) is 0 Å². The Bertz CT molecular complexity index is 1230. The Labute approximate surface area is 474 Å². The third-order valence-corrected chi connectivity index (χ3v) is 15.9. The first-order valence-corrected chi connectivity index (χ1v) is 34.3. The molecule has 0 aromatic rings.